The van der Waals surface area contributed by atoms with Crippen molar-refractivity contribution in [2.24, 2.45) is 0 Å². The molecule has 1 N–H and O–H groups in total. The van der Waals surface area contributed by atoms with E-state index in [4.69, 9.17) is 27.9 Å². The van der Waals surface area contributed by atoms with Crippen LogP contribution in [-0.4, -0.2) is 30.2 Å². The summed E-state index contributed by atoms with van der Waals surface area (Å²) in [6.45, 7) is 1.43. The van der Waals surface area contributed by atoms with Gasteiger partial charge in [0.25, 0.3) is 0 Å². The molecule has 0 bridgehead atoms. The van der Waals surface area contributed by atoms with Gasteiger partial charge in [0.05, 0.1) is 6.20 Å². The smallest absolute Gasteiger partial charge is 0.224 e. The van der Waals surface area contributed by atoms with E-state index < -0.39 is 0 Å². The summed E-state index contributed by atoms with van der Waals surface area (Å²) in [7, 11) is 1.66. The molecule has 1 rings (SSSR count). The summed E-state index contributed by atoms with van der Waals surface area (Å²) in [6, 6.07) is 0. The first-order valence-electron chi connectivity index (χ1n) is 4.15. The lowest BCUT2D eigenvalue weighted by atomic mass is 10.4. The van der Waals surface area contributed by atoms with Gasteiger partial charge in [-0.2, -0.15) is 4.98 Å². The second kappa shape index (κ2) is 6.01. The molecule has 0 saturated carbocycles. The van der Waals surface area contributed by atoms with E-state index in [1.165, 1.54) is 6.20 Å². The number of anilines is 1. The molecule has 0 aliphatic carbocycles. The molecule has 0 atom stereocenters. The predicted octanol–water partition coefficient (Wildman–Crippen LogP) is 2.23. The van der Waals surface area contributed by atoms with Crippen molar-refractivity contribution >= 4 is 29.0 Å². The first-order valence-corrected chi connectivity index (χ1v) is 4.90. The van der Waals surface area contributed by atoms with E-state index in [9.17, 15) is 0 Å². The Morgan fingerprint density at radius 2 is 2.29 bits per heavy atom. The summed E-state index contributed by atoms with van der Waals surface area (Å²) in [6.07, 6.45) is 2.35. The fraction of sp³-hybridized carbons (Fsp3) is 0.500. The molecule has 0 amide bonds. The lowest BCUT2D eigenvalue weighted by Crippen LogP contribution is -2.06. The number of nitrogens with zero attached hydrogens (tertiary/aromatic N) is 2. The zero-order valence-corrected chi connectivity index (χ0v) is 9.27. The van der Waals surface area contributed by atoms with Crippen LogP contribution < -0.4 is 5.32 Å². The fourth-order valence-corrected chi connectivity index (χ4v) is 1.18. The summed E-state index contributed by atoms with van der Waals surface area (Å²) in [5.74, 6) is 0.558. The van der Waals surface area contributed by atoms with Crippen molar-refractivity contribution in [3.8, 4) is 0 Å². The molecule has 0 fully saturated rings. The van der Waals surface area contributed by atoms with E-state index in [1.54, 1.807) is 7.11 Å². The molecule has 14 heavy (non-hydrogen) atoms. The van der Waals surface area contributed by atoms with Crippen LogP contribution in [0.1, 0.15) is 6.42 Å². The third-order valence-electron chi connectivity index (χ3n) is 1.53. The first kappa shape index (κ1) is 11.5. The number of rotatable bonds is 5. The average Bonchev–Trinajstić information content (AvgIpc) is 2.18. The topological polar surface area (TPSA) is 47.0 Å². The largest absolute Gasteiger partial charge is 0.385 e. The van der Waals surface area contributed by atoms with Crippen LogP contribution in [0.2, 0.25) is 10.3 Å². The van der Waals surface area contributed by atoms with Crippen molar-refractivity contribution in [2.75, 3.05) is 25.6 Å². The van der Waals surface area contributed by atoms with E-state index in [-0.39, 0.29) is 5.28 Å². The zero-order valence-electron chi connectivity index (χ0n) is 7.76. The Kier molecular flexibility index (Phi) is 4.93. The second-order valence-electron chi connectivity index (χ2n) is 2.61. The monoisotopic (exact) mass is 235 g/mol. The molecule has 0 unspecified atom stereocenters. The van der Waals surface area contributed by atoms with Gasteiger partial charge < -0.3 is 10.1 Å². The summed E-state index contributed by atoms with van der Waals surface area (Å²) >= 11 is 11.4. The summed E-state index contributed by atoms with van der Waals surface area (Å²) < 4.78 is 4.90. The number of hydrogen-bond acceptors (Lipinski definition) is 4. The van der Waals surface area contributed by atoms with Crippen molar-refractivity contribution in [2.45, 2.75) is 6.42 Å². The second-order valence-corrected chi connectivity index (χ2v) is 3.35. The predicted molar refractivity (Wildman–Crippen MR) is 57.0 cm³/mol. The Labute approximate surface area is 92.6 Å². The van der Waals surface area contributed by atoms with Gasteiger partial charge >= 0.3 is 0 Å². The van der Waals surface area contributed by atoms with Crippen molar-refractivity contribution < 1.29 is 4.74 Å². The molecular weight excluding hydrogens is 225 g/mol. The van der Waals surface area contributed by atoms with Crippen LogP contribution >= 0.6 is 23.2 Å². The highest BCUT2D eigenvalue weighted by molar-refractivity contribution is 6.33. The normalized spacial score (nSPS) is 10.2. The molecule has 4 nitrogen and oxygen atoms in total. The highest BCUT2D eigenvalue weighted by Gasteiger charge is 2.02. The third-order valence-corrected chi connectivity index (χ3v) is 1.99. The average molecular weight is 236 g/mol. The summed E-state index contributed by atoms with van der Waals surface area (Å²) in [4.78, 5) is 7.68. The number of halogens is 2. The number of ether oxygens (including phenoxy) is 1. The molecule has 0 aliphatic rings. The molecule has 0 radical (unpaired) electrons. The van der Waals surface area contributed by atoms with Crippen molar-refractivity contribution in [1.82, 2.24) is 9.97 Å². The SMILES string of the molecule is COCCCNc1nc(Cl)ncc1Cl. The van der Waals surface area contributed by atoms with Gasteiger partial charge in [0, 0.05) is 20.3 Å². The number of nitrogens with one attached hydrogen (secondary N) is 1. The van der Waals surface area contributed by atoms with Gasteiger partial charge in [-0.05, 0) is 18.0 Å². The van der Waals surface area contributed by atoms with E-state index in [0.29, 0.717) is 17.4 Å². The molecule has 6 heteroatoms. The Balaban J connectivity index is 2.45. The maximum Gasteiger partial charge on any atom is 0.224 e. The van der Waals surface area contributed by atoms with Crippen LogP contribution in [0.5, 0.6) is 0 Å². The standard InChI is InChI=1S/C8H11Cl2N3O/c1-14-4-2-3-11-7-6(9)5-12-8(10)13-7/h5H,2-4H2,1H3,(H,11,12,13). The molecule has 0 saturated heterocycles. The summed E-state index contributed by atoms with van der Waals surface area (Å²) in [5, 5.41) is 3.69. The van der Waals surface area contributed by atoms with Gasteiger partial charge in [-0.25, -0.2) is 4.98 Å². The first-order chi connectivity index (χ1) is 6.74. The minimum Gasteiger partial charge on any atom is -0.385 e. The lowest BCUT2D eigenvalue weighted by molar-refractivity contribution is 0.198. The molecule has 0 aliphatic heterocycles. The van der Waals surface area contributed by atoms with Gasteiger partial charge in [0.15, 0.2) is 0 Å². The number of hydrogen-bond donors (Lipinski definition) is 1. The minimum atomic E-state index is 0.184. The van der Waals surface area contributed by atoms with E-state index >= 15 is 0 Å². The van der Waals surface area contributed by atoms with Gasteiger partial charge in [-0.1, -0.05) is 11.6 Å². The van der Waals surface area contributed by atoms with E-state index in [2.05, 4.69) is 15.3 Å². The minimum absolute atomic E-state index is 0.184. The van der Waals surface area contributed by atoms with Crippen molar-refractivity contribution in [3.63, 3.8) is 0 Å². The third kappa shape index (κ3) is 3.65. The Bertz CT molecular complexity index is 296. The zero-order chi connectivity index (χ0) is 10.4. The van der Waals surface area contributed by atoms with Gasteiger partial charge in [-0.15, -0.1) is 0 Å². The quantitative estimate of drug-likeness (QED) is 0.629. The van der Waals surface area contributed by atoms with Crippen LogP contribution in [-0.2, 0) is 4.74 Å². The van der Waals surface area contributed by atoms with Gasteiger partial charge in [-0.3, -0.25) is 0 Å². The van der Waals surface area contributed by atoms with E-state index in [1.807, 2.05) is 0 Å². The lowest BCUT2D eigenvalue weighted by Gasteiger charge is -2.06. The molecule has 0 aromatic carbocycles. The molecule has 0 spiro atoms. The van der Waals surface area contributed by atoms with Gasteiger partial charge in [0.1, 0.15) is 10.8 Å². The number of aromatic nitrogens is 2. The molecule has 1 aromatic heterocycles. The van der Waals surface area contributed by atoms with Crippen molar-refractivity contribution in [1.29, 1.82) is 0 Å². The Hall–Kier alpha value is -0.580. The Morgan fingerprint density at radius 3 is 3.00 bits per heavy atom. The van der Waals surface area contributed by atoms with Crippen molar-refractivity contribution in [3.05, 3.63) is 16.5 Å². The van der Waals surface area contributed by atoms with Crippen LogP contribution in [0.3, 0.4) is 0 Å². The van der Waals surface area contributed by atoms with Gasteiger partial charge in [0.2, 0.25) is 5.28 Å². The molecule has 1 heterocycles. The van der Waals surface area contributed by atoms with Crippen LogP contribution in [0.15, 0.2) is 6.20 Å². The highest BCUT2D eigenvalue weighted by atomic mass is 35.5. The summed E-state index contributed by atoms with van der Waals surface area (Å²) in [5.41, 5.74) is 0. The maximum absolute atomic E-state index is 5.83. The van der Waals surface area contributed by atoms with E-state index in [0.717, 1.165) is 13.0 Å². The molecule has 78 valence electrons. The number of methoxy groups -OCH3 is 1. The fourth-order valence-electron chi connectivity index (χ4n) is 0.893. The van der Waals surface area contributed by atoms with Crippen LogP contribution in [0, 0.1) is 0 Å². The molecule has 1 aromatic rings. The maximum atomic E-state index is 5.83. The Morgan fingerprint density at radius 1 is 1.50 bits per heavy atom. The van der Waals surface area contributed by atoms with Crippen LogP contribution in [0.25, 0.3) is 0 Å². The van der Waals surface area contributed by atoms with Crippen LogP contribution in [0.4, 0.5) is 5.82 Å². The highest BCUT2D eigenvalue weighted by Crippen LogP contribution is 2.18. The molecular formula is C8H11Cl2N3O.